The molecule has 0 spiro atoms. The molecular weight excluding hydrogens is 323 g/mol. The van der Waals surface area contributed by atoms with Gasteiger partial charge in [-0.05, 0) is 11.6 Å². The van der Waals surface area contributed by atoms with E-state index in [-0.39, 0.29) is 11.6 Å². The Balaban J connectivity index is 2.27. The van der Waals surface area contributed by atoms with E-state index in [0.717, 1.165) is 5.56 Å². The van der Waals surface area contributed by atoms with Gasteiger partial charge in [0.1, 0.15) is 12.2 Å². The van der Waals surface area contributed by atoms with Crippen LogP contribution < -0.4 is 0 Å². The van der Waals surface area contributed by atoms with E-state index in [2.05, 4.69) is 26.0 Å². The van der Waals surface area contributed by atoms with Crippen LogP contribution in [0.15, 0.2) is 29.0 Å². The molecule has 1 heterocycles. The fourth-order valence-corrected chi connectivity index (χ4v) is 2.16. The van der Waals surface area contributed by atoms with E-state index < -0.39 is 4.92 Å². The zero-order valence-corrected chi connectivity index (χ0v) is 11.4. The van der Waals surface area contributed by atoms with Crippen molar-refractivity contribution in [2.45, 2.75) is 12.4 Å². The first-order valence-corrected chi connectivity index (χ1v) is 6.30. The SMILES string of the molecule is O=[N+]([O-])c1ccc(Cn2ncnc2CCl)c(Br)c1. The van der Waals surface area contributed by atoms with Gasteiger partial charge < -0.3 is 0 Å². The Kier molecular flexibility index (Phi) is 3.93. The molecule has 0 saturated heterocycles. The van der Waals surface area contributed by atoms with Gasteiger partial charge in [0.15, 0.2) is 0 Å². The molecule has 2 aromatic rings. The smallest absolute Gasteiger partial charge is 0.258 e. The molecule has 0 radical (unpaired) electrons. The molecule has 0 aliphatic rings. The van der Waals surface area contributed by atoms with E-state index in [0.29, 0.717) is 16.8 Å². The van der Waals surface area contributed by atoms with Crippen molar-refractivity contribution in [3.05, 3.63) is 50.5 Å². The van der Waals surface area contributed by atoms with Gasteiger partial charge in [-0.2, -0.15) is 5.10 Å². The second-order valence-electron chi connectivity index (χ2n) is 3.50. The summed E-state index contributed by atoms with van der Waals surface area (Å²) in [4.78, 5) is 14.2. The molecule has 2 rings (SSSR count). The van der Waals surface area contributed by atoms with E-state index >= 15 is 0 Å². The Morgan fingerprint density at radius 2 is 2.28 bits per heavy atom. The maximum Gasteiger partial charge on any atom is 0.270 e. The summed E-state index contributed by atoms with van der Waals surface area (Å²) in [6.45, 7) is 0.459. The second kappa shape index (κ2) is 5.45. The Hall–Kier alpha value is -1.47. The number of aromatic nitrogens is 3. The number of benzene rings is 1. The minimum Gasteiger partial charge on any atom is -0.258 e. The van der Waals surface area contributed by atoms with Crippen LogP contribution in [0, 0.1) is 10.1 Å². The van der Waals surface area contributed by atoms with Crippen LogP contribution in [0.4, 0.5) is 5.69 Å². The minimum absolute atomic E-state index is 0.0433. The summed E-state index contributed by atoms with van der Waals surface area (Å²) >= 11 is 9.03. The lowest BCUT2D eigenvalue weighted by molar-refractivity contribution is -0.384. The molecule has 0 atom stereocenters. The first kappa shape index (κ1) is 13.0. The van der Waals surface area contributed by atoms with Crippen molar-refractivity contribution in [1.29, 1.82) is 0 Å². The highest BCUT2D eigenvalue weighted by molar-refractivity contribution is 9.10. The largest absolute Gasteiger partial charge is 0.270 e. The zero-order valence-electron chi connectivity index (χ0n) is 9.08. The summed E-state index contributed by atoms with van der Waals surface area (Å²) in [6.07, 6.45) is 1.43. The molecule has 0 amide bonds. The zero-order chi connectivity index (χ0) is 13.1. The highest BCUT2D eigenvalue weighted by Crippen LogP contribution is 2.23. The Morgan fingerprint density at radius 1 is 1.50 bits per heavy atom. The maximum atomic E-state index is 10.6. The molecule has 6 nitrogen and oxygen atoms in total. The van der Waals surface area contributed by atoms with Gasteiger partial charge in [0.2, 0.25) is 0 Å². The third kappa shape index (κ3) is 2.68. The van der Waals surface area contributed by atoms with E-state index in [9.17, 15) is 10.1 Å². The molecular formula is C10H8BrClN4O2. The highest BCUT2D eigenvalue weighted by atomic mass is 79.9. The lowest BCUT2D eigenvalue weighted by Crippen LogP contribution is -2.06. The average molecular weight is 332 g/mol. The van der Waals surface area contributed by atoms with Gasteiger partial charge in [0.25, 0.3) is 5.69 Å². The van der Waals surface area contributed by atoms with E-state index in [1.165, 1.54) is 18.5 Å². The Labute approximate surface area is 116 Å². The van der Waals surface area contributed by atoms with Gasteiger partial charge in [0.05, 0.1) is 17.3 Å². The molecule has 18 heavy (non-hydrogen) atoms. The Bertz CT molecular complexity index is 587. The highest BCUT2D eigenvalue weighted by Gasteiger charge is 2.11. The topological polar surface area (TPSA) is 73.8 Å². The normalized spacial score (nSPS) is 10.6. The van der Waals surface area contributed by atoms with Crippen molar-refractivity contribution in [3.63, 3.8) is 0 Å². The number of hydrogen-bond acceptors (Lipinski definition) is 4. The number of rotatable bonds is 4. The number of non-ortho nitro benzene ring substituents is 1. The van der Waals surface area contributed by atoms with E-state index in [1.807, 2.05) is 0 Å². The third-order valence-corrected chi connectivity index (χ3v) is 3.36. The molecule has 8 heteroatoms. The second-order valence-corrected chi connectivity index (χ2v) is 4.62. The number of hydrogen-bond donors (Lipinski definition) is 0. The minimum atomic E-state index is -0.436. The lowest BCUT2D eigenvalue weighted by Gasteiger charge is -2.06. The molecule has 0 unspecified atom stereocenters. The summed E-state index contributed by atoms with van der Waals surface area (Å²) in [5.74, 6) is 0.923. The van der Waals surface area contributed by atoms with Crippen molar-refractivity contribution in [3.8, 4) is 0 Å². The van der Waals surface area contributed by atoms with E-state index in [4.69, 9.17) is 11.6 Å². The Morgan fingerprint density at radius 3 is 2.89 bits per heavy atom. The van der Waals surface area contributed by atoms with Gasteiger partial charge in [-0.3, -0.25) is 10.1 Å². The lowest BCUT2D eigenvalue weighted by atomic mass is 10.2. The first-order chi connectivity index (χ1) is 8.61. The van der Waals surface area contributed by atoms with Crippen LogP contribution in [-0.4, -0.2) is 19.7 Å². The monoisotopic (exact) mass is 330 g/mol. The maximum absolute atomic E-state index is 10.6. The average Bonchev–Trinajstić information content (AvgIpc) is 2.78. The van der Waals surface area contributed by atoms with Crippen LogP contribution >= 0.6 is 27.5 Å². The van der Waals surface area contributed by atoms with E-state index in [1.54, 1.807) is 10.7 Å². The van der Waals surface area contributed by atoms with Gasteiger partial charge in [0, 0.05) is 16.6 Å². The standard InChI is InChI=1S/C10H8BrClN4O2/c11-9-3-8(16(17)18)2-1-7(9)5-15-10(4-12)13-6-14-15/h1-3,6H,4-5H2. The van der Waals surface area contributed by atoms with Crippen LogP contribution in [0.2, 0.25) is 0 Å². The number of nitrogens with zero attached hydrogens (tertiary/aromatic N) is 4. The fraction of sp³-hybridized carbons (Fsp3) is 0.200. The number of nitro benzene ring substituents is 1. The molecule has 94 valence electrons. The van der Waals surface area contributed by atoms with Crippen molar-refractivity contribution < 1.29 is 4.92 Å². The molecule has 0 bridgehead atoms. The van der Waals surface area contributed by atoms with Crippen LogP contribution in [0.5, 0.6) is 0 Å². The molecule has 0 saturated carbocycles. The molecule has 1 aromatic carbocycles. The summed E-state index contributed by atoms with van der Waals surface area (Å²) in [5, 5.41) is 14.7. The summed E-state index contributed by atoms with van der Waals surface area (Å²) in [7, 11) is 0. The van der Waals surface area contributed by atoms with Crippen LogP contribution in [0.3, 0.4) is 0 Å². The molecule has 0 aliphatic heterocycles. The van der Waals surface area contributed by atoms with Gasteiger partial charge >= 0.3 is 0 Å². The third-order valence-electron chi connectivity index (χ3n) is 2.38. The first-order valence-electron chi connectivity index (χ1n) is 4.97. The fourth-order valence-electron chi connectivity index (χ4n) is 1.46. The van der Waals surface area contributed by atoms with Crippen molar-refractivity contribution in [1.82, 2.24) is 14.8 Å². The van der Waals surface area contributed by atoms with Crippen LogP contribution in [0.25, 0.3) is 0 Å². The summed E-state index contributed by atoms with van der Waals surface area (Å²) in [5.41, 5.74) is 0.916. The summed E-state index contributed by atoms with van der Waals surface area (Å²) < 4.78 is 2.31. The number of nitro groups is 1. The van der Waals surface area contributed by atoms with Crippen molar-refractivity contribution in [2.75, 3.05) is 0 Å². The van der Waals surface area contributed by atoms with Crippen molar-refractivity contribution >= 4 is 33.2 Å². The van der Waals surface area contributed by atoms with Crippen LogP contribution in [-0.2, 0) is 12.4 Å². The number of halogens is 2. The predicted molar refractivity (Wildman–Crippen MR) is 69.5 cm³/mol. The summed E-state index contributed by atoms with van der Waals surface area (Å²) in [6, 6.07) is 4.60. The number of alkyl halides is 1. The predicted octanol–water partition coefficient (Wildman–Crippen LogP) is 2.74. The molecule has 0 N–H and O–H groups in total. The molecule has 0 fully saturated rings. The van der Waals surface area contributed by atoms with Gasteiger partial charge in [-0.15, -0.1) is 11.6 Å². The molecule has 0 aliphatic carbocycles. The van der Waals surface area contributed by atoms with Gasteiger partial charge in [-0.25, -0.2) is 9.67 Å². The van der Waals surface area contributed by atoms with Crippen LogP contribution in [0.1, 0.15) is 11.4 Å². The van der Waals surface area contributed by atoms with Crippen molar-refractivity contribution in [2.24, 2.45) is 0 Å². The quantitative estimate of drug-likeness (QED) is 0.490. The molecule has 1 aromatic heterocycles. The van der Waals surface area contributed by atoms with Gasteiger partial charge in [-0.1, -0.05) is 15.9 Å².